The van der Waals surface area contributed by atoms with Gasteiger partial charge in [0, 0.05) is 26.5 Å². The number of ether oxygens (including phenoxy) is 4. The Morgan fingerprint density at radius 2 is 1.82 bits per heavy atom. The number of carbonyl (C=O) groups is 2. The summed E-state index contributed by atoms with van der Waals surface area (Å²) in [5.74, 6) is -1.57. The second-order valence-electron chi connectivity index (χ2n) is 10.8. The van der Waals surface area contributed by atoms with Crippen LogP contribution in [-0.4, -0.2) is 47.6 Å². The van der Waals surface area contributed by atoms with E-state index >= 15 is 0 Å². The van der Waals surface area contributed by atoms with Gasteiger partial charge >= 0.3 is 11.9 Å². The Kier molecular flexibility index (Phi) is 7.70. The summed E-state index contributed by atoms with van der Waals surface area (Å²) in [6.45, 7) is 13.2. The third-order valence-electron chi connectivity index (χ3n) is 7.11. The Hall–Kier alpha value is -3.89. The Morgan fingerprint density at radius 3 is 2.38 bits per heavy atom. The average Bonchev–Trinajstić information content (AvgIpc) is 2.83. The predicted octanol–water partition coefficient (Wildman–Crippen LogP) is 4.54. The monoisotopic (exact) mass is 554 g/mol. The maximum Gasteiger partial charge on any atom is 0.303 e. The zero-order valence-corrected chi connectivity index (χ0v) is 23.6. The van der Waals surface area contributed by atoms with Crippen LogP contribution in [0.15, 0.2) is 39.6 Å². The smallest absolute Gasteiger partial charge is 0.303 e. The van der Waals surface area contributed by atoms with Crippen molar-refractivity contribution in [3.8, 4) is 11.5 Å². The van der Waals surface area contributed by atoms with Crippen molar-refractivity contribution in [1.82, 2.24) is 0 Å². The molecule has 3 aromatic rings. The van der Waals surface area contributed by atoms with Crippen molar-refractivity contribution in [2.75, 3.05) is 13.7 Å². The number of esters is 2. The van der Waals surface area contributed by atoms with Crippen LogP contribution in [0.25, 0.3) is 21.9 Å². The van der Waals surface area contributed by atoms with Crippen molar-refractivity contribution < 1.29 is 43.2 Å². The summed E-state index contributed by atoms with van der Waals surface area (Å²) in [5.41, 5.74) is -0.0388. The molecule has 2 heterocycles. The SMILES string of the molecule is C=C(C)[C@H]1COc2c(C)cc3oc4c([C@@H](OC)[C@@H](OC(C)=O)C(C)(C)O)ccc(O)c4c(=O)c3c2[C@@H]1OC(C)=O. The molecule has 0 unspecified atom stereocenters. The molecule has 4 atom stereocenters. The van der Waals surface area contributed by atoms with E-state index in [0.29, 0.717) is 22.4 Å². The molecule has 0 fully saturated rings. The summed E-state index contributed by atoms with van der Waals surface area (Å²) in [4.78, 5) is 38.2. The van der Waals surface area contributed by atoms with Gasteiger partial charge in [0.15, 0.2) is 6.10 Å². The van der Waals surface area contributed by atoms with E-state index in [1.165, 1.54) is 46.9 Å². The molecule has 0 saturated heterocycles. The number of carbonyl (C=O) groups excluding carboxylic acids is 2. The van der Waals surface area contributed by atoms with Gasteiger partial charge in [0.1, 0.15) is 40.3 Å². The Labute approximate surface area is 231 Å². The fourth-order valence-electron chi connectivity index (χ4n) is 5.30. The standard InChI is InChI=1S/C30H34O10/c1-13(2)18-12-37-25-14(3)11-20-22(23(25)27(18)38-15(4)31)24(34)21-19(33)10-9-17(26(21)40-20)28(36-8)29(30(6,7)35)39-16(5)32/h9-11,18,27-29,33,35H,1,12H2,2-8H3/t18-,27-,28-,29-/m1/s1. The summed E-state index contributed by atoms with van der Waals surface area (Å²) in [6, 6.07) is 4.42. The Bertz CT molecular complexity index is 1580. The molecule has 1 aliphatic rings. The molecule has 10 nitrogen and oxygen atoms in total. The number of hydrogen-bond donors (Lipinski definition) is 2. The molecule has 0 spiro atoms. The molecule has 1 aliphatic heterocycles. The van der Waals surface area contributed by atoms with Gasteiger partial charge in [-0.3, -0.25) is 14.4 Å². The first-order valence-corrected chi connectivity index (χ1v) is 12.8. The van der Waals surface area contributed by atoms with Crippen LogP contribution in [0.2, 0.25) is 0 Å². The van der Waals surface area contributed by atoms with Crippen LogP contribution in [0.3, 0.4) is 0 Å². The van der Waals surface area contributed by atoms with Crippen molar-refractivity contribution in [3.05, 3.63) is 57.3 Å². The Balaban J connectivity index is 2.10. The number of rotatable bonds is 7. The number of phenolic OH excluding ortho intramolecular Hbond substituents is 1. The van der Waals surface area contributed by atoms with E-state index in [-0.39, 0.29) is 39.9 Å². The highest BCUT2D eigenvalue weighted by atomic mass is 16.6. The minimum Gasteiger partial charge on any atom is -0.507 e. The van der Waals surface area contributed by atoms with Crippen LogP contribution in [0.4, 0.5) is 0 Å². The molecule has 0 aliphatic carbocycles. The van der Waals surface area contributed by atoms with E-state index in [1.807, 2.05) is 0 Å². The molecule has 2 N–H and O–H groups in total. The van der Waals surface area contributed by atoms with E-state index in [2.05, 4.69) is 6.58 Å². The van der Waals surface area contributed by atoms with Crippen molar-refractivity contribution >= 4 is 33.9 Å². The van der Waals surface area contributed by atoms with Crippen molar-refractivity contribution in [2.24, 2.45) is 5.92 Å². The molecule has 0 radical (unpaired) electrons. The molecular weight excluding hydrogens is 520 g/mol. The van der Waals surface area contributed by atoms with Gasteiger partial charge in [-0.1, -0.05) is 12.2 Å². The fraction of sp³-hybridized carbons (Fsp3) is 0.433. The number of aromatic hydroxyl groups is 1. The van der Waals surface area contributed by atoms with Gasteiger partial charge in [-0.25, -0.2) is 0 Å². The van der Waals surface area contributed by atoms with Gasteiger partial charge < -0.3 is 33.6 Å². The van der Waals surface area contributed by atoms with Crippen LogP contribution >= 0.6 is 0 Å². The molecule has 10 heteroatoms. The molecular formula is C30H34O10. The first-order valence-electron chi connectivity index (χ1n) is 12.8. The minimum atomic E-state index is -1.55. The first kappa shape index (κ1) is 29.1. The van der Waals surface area contributed by atoms with E-state index < -0.39 is 47.2 Å². The zero-order chi connectivity index (χ0) is 29.7. The van der Waals surface area contributed by atoms with Gasteiger partial charge in [-0.2, -0.15) is 0 Å². The Morgan fingerprint density at radius 1 is 1.15 bits per heavy atom. The van der Waals surface area contributed by atoms with E-state index in [1.54, 1.807) is 19.9 Å². The summed E-state index contributed by atoms with van der Waals surface area (Å²) >= 11 is 0. The quantitative estimate of drug-likeness (QED) is 0.243. The van der Waals surface area contributed by atoms with E-state index in [9.17, 15) is 24.6 Å². The minimum absolute atomic E-state index is 0.0117. The number of methoxy groups -OCH3 is 1. The summed E-state index contributed by atoms with van der Waals surface area (Å²) in [5, 5.41) is 21.6. The molecule has 0 saturated carbocycles. The van der Waals surface area contributed by atoms with Gasteiger partial charge in [0.2, 0.25) is 5.43 Å². The van der Waals surface area contributed by atoms with Gasteiger partial charge in [-0.05, 0) is 51.5 Å². The maximum absolute atomic E-state index is 14.2. The fourth-order valence-corrected chi connectivity index (χ4v) is 5.30. The highest BCUT2D eigenvalue weighted by Gasteiger charge is 2.41. The van der Waals surface area contributed by atoms with Crippen molar-refractivity contribution in [1.29, 1.82) is 0 Å². The van der Waals surface area contributed by atoms with Crippen molar-refractivity contribution in [3.63, 3.8) is 0 Å². The lowest BCUT2D eigenvalue weighted by molar-refractivity contribution is -0.177. The second kappa shape index (κ2) is 10.6. The number of aryl methyl sites for hydroxylation is 1. The highest BCUT2D eigenvalue weighted by molar-refractivity contribution is 5.97. The molecule has 0 amide bonds. The van der Waals surface area contributed by atoms with E-state index in [4.69, 9.17) is 23.4 Å². The topological polar surface area (TPSA) is 142 Å². The number of phenols is 1. The lowest BCUT2D eigenvalue weighted by Crippen LogP contribution is -2.44. The molecule has 2 aromatic carbocycles. The lowest BCUT2D eigenvalue weighted by Gasteiger charge is -2.35. The predicted molar refractivity (Wildman–Crippen MR) is 146 cm³/mol. The van der Waals surface area contributed by atoms with Crippen LogP contribution in [0.5, 0.6) is 11.5 Å². The summed E-state index contributed by atoms with van der Waals surface area (Å²) < 4.78 is 29.2. The summed E-state index contributed by atoms with van der Waals surface area (Å²) in [7, 11) is 1.37. The van der Waals surface area contributed by atoms with Crippen LogP contribution < -0.4 is 10.2 Å². The average molecular weight is 555 g/mol. The van der Waals surface area contributed by atoms with Gasteiger partial charge in [0.05, 0.1) is 29.1 Å². The maximum atomic E-state index is 14.2. The molecule has 0 bridgehead atoms. The highest BCUT2D eigenvalue weighted by Crippen LogP contribution is 2.47. The van der Waals surface area contributed by atoms with Gasteiger partial charge in [-0.15, -0.1) is 0 Å². The molecule has 1 aromatic heterocycles. The first-order chi connectivity index (χ1) is 18.7. The van der Waals surface area contributed by atoms with Crippen LogP contribution in [-0.2, 0) is 23.8 Å². The third-order valence-corrected chi connectivity index (χ3v) is 7.11. The molecule has 40 heavy (non-hydrogen) atoms. The molecule has 214 valence electrons. The van der Waals surface area contributed by atoms with Crippen LogP contribution in [0.1, 0.15) is 63.5 Å². The summed E-state index contributed by atoms with van der Waals surface area (Å²) in [6.07, 6.45) is -3.13. The van der Waals surface area contributed by atoms with Crippen molar-refractivity contribution in [2.45, 2.75) is 65.5 Å². The lowest BCUT2D eigenvalue weighted by atomic mass is 9.85. The third kappa shape index (κ3) is 5.04. The largest absolute Gasteiger partial charge is 0.507 e. The van der Waals surface area contributed by atoms with E-state index in [0.717, 1.165) is 0 Å². The number of hydrogen-bond acceptors (Lipinski definition) is 10. The number of benzene rings is 2. The number of fused-ring (bicyclic) bond motifs is 4. The number of aliphatic hydroxyl groups is 1. The molecule has 4 rings (SSSR count). The van der Waals surface area contributed by atoms with Gasteiger partial charge in [0.25, 0.3) is 0 Å². The van der Waals surface area contributed by atoms with Crippen LogP contribution in [0, 0.1) is 12.8 Å². The normalized spacial score (nSPS) is 18.5. The second-order valence-corrected chi connectivity index (χ2v) is 10.8. The zero-order valence-electron chi connectivity index (χ0n) is 23.6.